The lowest BCUT2D eigenvalue weighted by molar-refractivity contribution is -0.154. The fourth-order valence-electron chi connectivity index (χ4n) is 4.64. The summed E-state index contributed by atoms with van der Waals surface area (Å²) in [4.78, 5) is 39.7. The standard InChI is InChI=1S/C22H27NO4/c1-4-13-23-14-11-18(22(21(23)26)12-5-6-19(22)24)15(2)16-7-9-17(10-8-16)20(25)27-3/h7-10,18H,2,4-6,11-14H2,1,3H3/t18-,22+/m1/s1. The first kappa shape index (κ1) is 19.3. The number of hydrogen-bond donors (Lipinski definition) is 0. The van der Waals surface area contributed by atoms with Crippen molar-refractivity contribution in [3.8, 4) is 0 Å². The van der Waals surface area contributed by atoms with Crippen molar-refractivity contribution in [2.45, 2.75) is 39.0 Å². The number of ether oxygens (including phenoxy) is 1. The molecule has 0 radical (unpaired) electrons. The number of methoxy groups -OCH3 is 1. The molecule has 1 amide bonds. The summed E-state index contributed by atoms with van der Waals surface area (Å²) in [6.45, 7) is 7.66. The molecule has 2 aliphatic rings. The van der Waals surface area contributed by atoms with Gasteiger partial charge >= 0.3 is 5.97 Å². The molecular weight excluding hydrogens is 342 g/mol. The molecule has 5 nitrogen and oxygen atoms in total. The topological polar surface area (TPSA) is 63.7 Å². The van der Waals surface area contributed by atoms with Gasteiger partial charge in [0.15, 0.2) is 0 Å². The first-order valence-corrected chi connectivity index (χ1v) is 9.66. The molecule has 5 heteroatoms. The van der Waals surface area contributed by atoms with Crippen molar-refractivity contribution in [1.82, 2.24) is 4.90 Å². The molecular formula is C22H27NO4. The van der Waals surface area contributed by atoms with Crippen LogP contribution in [0.25, 0.3) is 5.57 Å². The first-order chi connectivity index (χ1) is 13.0. The van der Waals surface area contributed by atoms with Gasteiger partial charge in [0.05, 0.1) is 12.7 Å². The Kier molecular flexibility index (Phi) is 5.49. The van der Waals surface area contributed by atoms with Gasteiger partial charge in [0.2, 0.25) is 5.91 Å². The van der Waals surface area contributed by atoms with Crippen LogP contribution in [-0.4, -0.2) is 42.8 Å². The van der Waals surface area contributed by atoms with E-state index in [1.807, 2.05) is 24.0 Å². The van der Waals surface area contributed by atoms with Gasteiger partial charge in [-0.15, -0.1) is 0 Å². The monoisotopic (exact) mass is 369 g/mol. The van der Waals surface area contributed by atoms with Crippen LogP contribution in [0.3, 0.4) is 0 Å². The number of carbonyl (C=O) groups is 3. The molecule has 2 atom stereocenters. The second kappa shape index (κ2) is 7.67. The Hall–Kier alpha value is -2.43. The zero-order valence-electron chi connectivity index (χ0n) is 16.1. The Balaban J connectivity index is 1.92. The summed E-state index contributed by atoms with van der Waals surface area (Å²) >= 11 is 0. The summed E-state index contributed by atoms with van der Waals surface area (Å²) in [6, 6.07) is 7.04. The third kappa shape index (κ3) is 3.20. The summed E-state index contributed by atoms with van der Waals surface area (Å²) in [5.74, 6) is -0.532. The number of allylic oxidation sites excluding steroid dienone is 1. The highest BCUT2D eigenvalue weighted by Gasteiger charge is 2.57. The highest BCUT2D eigenvalue weighted by Crippen LogP contribution is 2.51. The Morgan fingerprint density at radius 2 is 1.93 bits per heavy atom. The maximum absolute atomic E-state index is 13.3. The number of likely N-dealkylation sites (tertiary alicyclic amines) is 1. The maximum atomic E-state index is 13.3. The van der Waals surface area contributed by atoms with E-state index in [1.54, 1.807) is 12.1 Å². The summed E-state index contributed by atoms with van der Waals surface area (Å²) in [5, 5.41) is 0. The van der Waals surface area contributed by atoms with Gasteiger partial charge in [-0.2, -0.15) is 0 Å². The predicted octanol–water partition coefficient (Wildman–Crippen LogP) is 3.48. The van der Waals surface area contributed by atoms with Crippen LogP contribution in [0.1, 0.15) is 54.9 Å². The second-order valence-corrected chi connectivity index (χ2v) is 7.48. The van der Waals surface area contributed by atoms with Gasteiger partial charge in [0.1, 0.15) is 11.2 Å². The minimum Gasteiger partial charge on any atom is -0.465 e. The lowest BCUT2D eigenvalue weighted by Crippen LogP contribution is -2.56. The smallest absolute Gasteiger partial charge is 0.337 e. The van der Waals surface area contributed by atoms with Crippen molar-refractivity contribution in [1.29, 1.82) is 0 Å². The minimum absolute atomic E-state index is 0.0181. The zero-order chi connectivity index (χ0) is 19.6. The van der Waals surface area contributed by atoms with E-state index >= 15 is 0 Å². The molecule has 1 saturated heterocycles. The Morgan fingerprint density at radius 3 is 2.48 bits per heavy atom. The SMILES string of the molecule is C=C(c1ccc(C(=O)OC)cc1)[C@H]1CCN(CCC)C(=O)[C@@]12CCCC2=O. The van der Waals surface area contributed by atoms with E-state index in [0.717, 1.165) is 30.4 Å². The number of benzene rings is 1. The average molecular weight is 369 g/mol. The number of rotatable bonds is 5. The lowest BCUT2D eigenvalue weighted by Gasteiger charge is -2.45. The predicted molar refractivity (Wildman–Crippen MR) is 103 cm³/mol. The number of amides is 1. The van der Waals surface area contributed by atoms with Crippen molar-refractivity contribution in [2.75, 3.05) is 20.2 Å². The van der Waals surface area contributed by atoms with Crippen molar-refractivity contribution >= 4 is 23.2 Å². The number of piperidine rings is 1. The molecule has 1 heterocycles. The van der Waals surface area contributed by atoms with E-state index in [-0.39, 0.29) is 17.6 Å². The van der Waals surface area contributed by atoms with Crippen LogP contribution in [0.5, 0.6) is 0 Å². The van der Waals surface area contributed by atoms with E-state index in [4.69, 9.17) is 4.74 Å². The zero-order valence-corrected chi connectivity index (χ0v) is 16.1. The van der Waals surface area contributed by atoms with Crippen molar-refractivity contribution < 1.29 is 19.1 Å². The summed E-state index contributed by atoms with van der Waals surface area (Å²) in [5.41, 5.74) is 1.19. The molecule has 144 valence electrons. The number of nitrogens with zero attached hydrogens (tertiary/aromatic N) is 1. The van der Waals surface area contributed by atoms with E-state index < -0.39 is 11.4 Å². The van der Waals surface area contributed by atoms with E-state index in [0.29, 0.717) is 31.5 Å². The minimum atomic E-state index is -0.953. The van der Waals surface area contributed by atoms with E-state index in [1.165, 1.54) is 7.11 Å². The summed E-state index contributed by atoms with van der Waals surface area (Å²) in [6.07, 6.45) is 3.47. The third-order valence-electron chi connectivity index (χ3n) is 6.01. The van der Waals surface area contributed by atoms with Gasteiger partial charge in [0.25, 0.3) is 0 Å². The molecule has 2 fully saturated rings. The van der Waals surface area contributed by atoms with Crippen molar-refractivity contribution in [3.05, 3.63) is 42.0 Å². The van der Waals surface area contributed by atoms with Crippen LogP contribution in [0.15, 0.2) is 30.8 Å². The van der Waals surface area contributed by atoms with Gasteiger partial charge < -0.3 is 9.64 Å². The molecule has 1 aromatic rings. The molecule has 0 aromatic heterocycles. The first-order valence-electron chi connectivity index (χ1n) is 9.66. The molecule has 0 unspecified atom stereocenters. The Bertz CT molecular complexity index is 767. The van der Waals surface area contributed by atoms with Crippen LogP contribution < -0.4 is 0 Å². The molecule has 3 rings (SSSR count). The van der Waals surface area contributed by atoms with Crippen LogP contribution in [0, 0.1) is 11.3 Å². The largest absolute Gasteiger partial charge is 0.465 e. The molecule has 1 aliphatic carbocycles. The lowest BCUT2D eigenvalue weighted by atomic mass is 9.64. The molecule has 1 aromatic carbocycles. The van der Waals surface area contributed by atoms with Crippen LogP contribution in [-0.2, 0) is 14.3 Å². The van der Waals surface area contributed by atoms with Gasteiger partial charge in [-0.05, 0) is 49.0 Å². The molecule has 0 bridgehead atoms. The van der Waals surface area contributed by atoms with Crippen molar-refractivity contribution in [3.63, 3.8) is 0 Å². The Labute approximate surface area is 160 Å². The highest BCUT2D eigenvalue weighted by molar-refractivity contribution is 6.09. The van der Waals surface area contributed by atoms with Gasteiger partial charge in [-0.3, -0.25) is 9.59 Å². The number of Topliss-reactive ketones (excluding diaryl/α,β-unsaturated/α-hetero) is 1. The number of hydrogen-bond acceptors (Lipinski definition) is 4. The number of ketones is 1. The fraction of sp³-hybridized carbons (Fsp3) is 0.500. The van der Waals surface area contributed by atoms with E-state index in [9.17, 15) is 14.4 Å². The molecule has 1 spiro atoms. The van der Waals surface area contributed by atoms with Crippen LogP contribution >= 0.6 is 0 Å². The average Bonchev–Trinajstić information content (AvgIpc) is 3.06. The molecule has 0 N–H and O–H groups in total. The fourth-order valence-corrected chi connectivity index (χ4v) is 4.64. The molecule has 1 aliphatic heterocycles. The Morgan fingerprint density at radius 1 is 1.26 bits per heavy atom. The molecule has 27 heavy (non-hydrogen) atoms. The molecule has 1 saturated carbocycles. The second-order valence-electron chi connectivity index (χ2n) is 7.48. The summed E-state index contributed by atoms with van der Waals surface area (Å²) in [7, 11) is 1.35. The van der Waals surface area contributed by atoms with Crippen LogP contribution in [0.2, 0.25) is 0 Å². The number of esters is 1. The van der Waals surface area contributed by atoms with Gasteiger partial charge in [0, 0.05) is 25.4 Å². The maximum Gasteiger partial charge on any atom is 0.337 e. The highest BCUT2D eigenvalue weighted by atomic mass is 16.5. The normalized spacial score (nSPS) is 25.1. The van der Waals surface area contributed by atoms with Crippen LogP contribution in [0.4, 0.5) is 0 Å². The third-order valence-corrected chi connectivity index (χ3v) is 6.01. The van der Waals surface area contributed by atoms with Crippen molar-refractivity contribution in [2.24, 2.45) is 11.3 Å². The summed E-state index contributed by atoms with van der Waals surface area (Å²) < 4.78 is 4.74. The van der Waals surface area contributed by atoms with Gasteiger partial charge in [-0.25, -0.2) is 4.79 Å². The van der Waals surface area contributed by atoms with Gasteiger partial charge in [-0.1, -0.05) is 25.6 Å². The van der Waals surface area contributed by atoms with E-state index in [2.05, 4.69) is 6.58 Å². The quantitative estimate of drug-likeness (QED) is 0.589. The number of carbonyl (C=O) groups excluding carboxylic acids is 3.